The molecule has 1 amide bonds. The summed E-state index contributed by atoms with van der Waals surface area (Å²) >= 11 is 0. The van der Waals surface area contributed by atoms with Crippen molar-refractivity contribution in [2.75, 3.05) is 13.7 Å². The molecule has 8 heteroatoms. The average molecular weight is 399 g/mol. The Morgan fingerprint density at radius 3 is 1.54 bits per heavy atom. The number of unbranched alkanes of at least 4 members (excludes halogenated alkanes) is 1. The van der Waals surface area contributed by atoms with Crippen LogP contribution in [0.15, 0.2) is 49.1 Å². The van der Waals surface area contributed by atoms with Gasteiger partial charge in [-0.15, -0.1) is 0 Å². The van der Waals surface area contributed by atoms with Gasteiger partial charge in [-0.3, -0.25) is 4.79 Å². The van der Waals surface area contributed by atoms with E-state index in [9.17, 15) is 19.2 Å². The number of hydrogen-bond donors (Lipinski definition) is 2. The van der Waals surface area contributed by atoms with Gasteiger partial charge in [0.2, 0.25) is 5.91 Å². The Kier molecular flexibility index (Phi) is 25.4. The molecule has 160 valence electrons. The Morgan fingerprint density at radius 2 is 1.39 bits per heavy atom. The Balaban J connectivity index is -0.000000139. The van der Waals surface area contributed by atoms with Gasteiger partial charge in [-0.2, -0.15) is 0 Å². The fourth-order valence-electron chi connectivity index (χ4n) is 0.550. The molecule has 0 saturated heterocycles. The van der Waals surface area contributed by atoms with Crippen molar-refractivity contribution in [3.8, 4) is 0 Å². The third-order valence-electron chi connectivity index (χ3n) is 2.23. The van der Waals surface area contributed by atoms with Gasteiger partial charge in [-0.05, 0) is 27.2 Å². The van der Waals surface area contributed by atoms with Crippen LogP contribution in [-0.4, -0.2) is 42.6 Å². The van der Waals surface area contributed by atoms with Crippen LogP contribution in [0.1, 0.15) is 40.5 Å². The Morgan fingerprint density at radius 1 is 1.00 bits per heavy atom. The van der Waals surface area contributed by atoms with Gasteiger partial charge in [0.1, 0.15) is 0 Å². The lowest BCUT2D eigenvalue weighted by Crippen LogP contribution is -2.10. The monoisotopic (exact) mass is 399 g/mol. The summed E-state index contributed by atoms with van der Waals surface area (Å²) in [6.45, 7) is 20.2. The minimum absolute atomic E-state index is 0.176. The molecule has 8 nitrogen and oxygen atoms in total. The molecule has 0 aliphatic heterocycles. The number of carboxylic acids is 1. The first-order valence-corrected chi connectivity index (χ1v) is 8.15. The highest BCUT2D eigenvalue weighted by atomic mass is 16.5. The lowest BCUT2D eigenvalue weighted by Gasteiger charge is -1.97. The zero-order chi connectivity index (χ0) is 23.3. The average Bonchev–Trinajstić information content (AvgIpc) is 2.62. The van der Waals surface area contributed by atoms with E-state index >= 15 is 0 Å². The summed E-state index contributed by atoms with van der Waals surface area (Å²) in [5, 5.41) is 7.89. The van der Waals surface area contributed by atoms with Crippen molar-refractivity contribution in [2.45, 2.75) is 40.5 Å². The van der Waals surface area contributed by atoms with Gasteiger partial charge in [-0.25, -0.2) is 14.4 Å². The van der Waals surface area contributed by atoms with E-state index in [-0.39, 0.29) is 17.5 Å². The van der Waals surface area contributed by atoms with E-state index in [0.29, 0.717) is 17.8 Å². The van der Waals surface area contributed by atoms with Crippen LogP contribution in [0.3, 0.4) is 0 Å². The highest BCUT2D eigenvalue weighted by Gasteiger charge is 1.95. The number of amides is 1. The van der Waals surface area contributed by atoms with Gasteiger partial charge in [0.25, 0.3) is 0 Å². The number of esters is 2. The molecule has 0 aliphatic carbocycles. The number of rotatable bonds is 7. The van der Waals surface area contributed by atoms with E-state index in [2.05, 4.69) is 35.8 Å². The third kappa shape index (κ3) is 34.2. The first-order valence-electron chi connectivity index (χ1n) is 8.15. The van der Waals surface area contributed by atoms with Crippen molar-refractivity contribution in [1.82, 2.24) is 0 Å². The van der Waals surface area contributed by atoms with Crippen LogP contribution in [0.4, 0.5) is 0 Å². The van der Waals surface area contributed by atoms with E-state index < -0.39 is 11.9 Å². The van der Waals surface area contributed by atoms with Crippen molar-refractivity contribution in [3.63, 3.8) is 0 Å². The number of hydrogen-bond acceptors (Lipinski definition) is 6. The lowest BCUT2D eigenvalue weighted by atomic mass is 10.3. The van der Waals surface area contributed by atoms with Gasteiger partial charge in [0.05, 0.1) is 13.7 Å². The summed E-state index contributed by atoms with van der Waals surface area (Å²) < 4.78 is 8.95. The number of aliphatic carboxylic acids is 1. The van der Waals surface area contributed by atoms with Crippen LogP contribution in [-0.2, 0) is 28.7 Å². The maximum absolute atomic E-state index is 10.3. The molecule has 0 aliphatic rings. The smallest absolute Gasteiger partial charge is 0.332 e. The van der Waals surface area contributed by atoms with Crippen LogP contribution in [0.2, 0.25) is 0 Å². The van der Waals surface area contributed by atoms with Crippen molar-refractivity contribution >= 4 is 23.8 Å². The SMILES string of the molecule is C=C(C)C(=O)O.C=C(C)C(=O)OC.C=C(C)C(N)=O.C=CC(=O)OCCCC. The number of carbonyl (C=O) groups excluding carboxylic acids is 3. The molecule has 28 heavy (non-hydrogen) atoms. The first kappa shape index (κ1) is 32.5. The van der Waals surface area contributed by atoms with Crippen LogP contribution >= 0.6 is 0 Å². The second-order valence-corrected chi connectivity index (χ2v) is 5.23. The van der Waals surface area contributed by atoms with Crippen LogP contribution in [0.25, 0.3) is 0 Å². The number of ether oxygens (including phenoxy) is 2. The van der Waals surface area contributed by atoms with Gasteiger partial charge in [0.15, 0.2) is 0 Å². The topological polar surface area (TPSA) is 133 Å². The first-order chi connectivity index (χ1) is 12.8. The Labute approximate surface area is 167 Å². The number of methoxy groups -OCH3 is 1. The normalized spacial score (nSPS) is 7.89. The van der Waals surface area contributed by atoms with Gasteiger partial charge in [0, 0.05) is 22.8 Å². The zero-order valence-electron chi connectivity index (χ0n) is 17.5. The molecule has 0 heterocycles. The number of carbonyl (C=O) groups is 4. The maximum Gasteiger partial charge on any atom is 0.332 e. The van der Waals surface area contributed by atoms with Gasteiger partial charge < -0.3 is 20.3 Å². The molecule has 0 fully saturated rings. The van der Waals surface area contributed by atoms with Crippen molar-refractivity contribution in [3.05, 3.63) is 49.1 Å². The molecule has 3 N–H and O–H groups in total. The second kappa shape index (κ2) is 21.9. The number of nitrogens with two attached hydrogens (primary N) is 1. The third-order valence-corrected chi connectivity index (χ3v) is 2.23. The van der Waals surface area contributed by atoms with Crippen LogP contribution in [0, 0.1) is 0 Å². The quantitative estimate of drug-likeness (QED) is 0.382. The molecular weight excluding hydrogens is 366 g/mol. The summed E-state index contributed by atoms with van der Waals surface area (Å²) in [5.41, 5.74) is 5.70. The lowest BCUT2D eigenvalue weighted by molar-refractivity contribution is -0.138. The minimum Gasteiger partial charge on any atom is -0.478 e. The fraction of sp³-hybridized carbons (Fsp3) is 0.400. The molecule has 0 aromatic heterocycles. The molecule has 0 bridgehead atoms. The van der Waals surface area contributed by atoms with Crippen LogP contribution in [0.5, 0.6) is 0 Å². The van der Waals surface area contributed by atoms with Crippen molar-refractivity contribution in [1.29, 1.82) is 0 Å². The molecule has 0 atom stereocenters. The number of carboxylic acid groups (broad SMARTS) is 1. The second-order valence-electron chi connectivity index (χ2n) is 5.23. The van der Waals surface area contributed by atoms with E-state index in [1.165, 1.54) is 20.1 Å². The Bertz CT molecular complexity index is 515. The molecule has 0 aromatic carbocycles. The highest BCUT2D eigenvalue weighted by Crippen LogP contribution is 1.88. The summed E-state index contributed by atoms with van der Waals surface area (Å²) in [6.07, 6.45) is 3.15. The van der Waals surface area contributed by atoms with E-state index in [4.69, 9.17) is 10.8 Å². The summed E-state index contributed by atoms with van der Waals surface area (Å²) in [4.78, 5) is 40.0. The standard InChI is InChI=1S/C7H12O2.C5H8O2.C4H7NO.C4H6O2/c1-3-5-6-9-7(8)4-2;1-4(2)5(6)7-3;2*1-3(2)4(5)6/h4H,2-3,5-6H2,1H3;1H2,2-3H3;1H2,2H3,(H2,5,6);1H2,2H3,(H,5,6). The summed E-state index contributed by atoms with van der Waals surface area (Å²) in [5.74, 6) is -2.05. The van der Waals surface area contributed by atoms with Crippen LogP contribution < -0.4 is 5.73 Å². The molecule has 0 aromatic rings. The van der Waals surface area contributed by atoms with E-state index in [1.807, 2.05) is 6.92 Å². The summed E-state index contributed by atoms with van der Waals surface area (Å²) in [7, 11) is 1.33. The van der Waals surface area contributed by atoms with Gasteiger partial charge >= 0.3 is 17.9 Å². The highest BCUT2D eigenvalue weighted by molar-refractivity contribution is 5.90. The molecule has 0 saturated carbocycles. The molecule has 0 spiro atoms. The molecule has 0 unspecified atom stereocenters. The maximum atomic E-state index is 10.3. The molecule has 0 radical (unpaired) electrons. The largest absolute Gasteiger partial charge is 0.478 e. The molecule has 0 rings (SSSR count). The molecular formula is C20H33NO7. The van der Waals surface area contributed by atoms with Crippen molar-refractivity contribution in [2.24, 2.45) is 5.73 Å². The van der Waals surface area contributed by atoms with Crippen molar-refractivity contribution < 1.29 is 33.8 Å². The summed E-state index contributed by atoms with van der Waals surface area (Å²) in [6, 6.07) is 0. The number of primary amides is 1. The predicted octanol–water partition coefficient (Wildman–Crippen LogP) is 2.95. The fourth-order valence-corrected chi connectivity index (χ4v) is 0.550. The van der Waals surface area contributed by atoms with Gasteiger partial charge in [-0.1, -0.05) is 39.7 Å². The zero-order valence-corrected chi connectivity index (χ0v) is 17.5. The van der Waals surface area contributed by atoms with E-state index in [0.717, 1.165) is 12.8 Å². The predicted molar refractivity (Wildman–Crippen MR) is 109 cm³/mol. The minimum atomic E-state index is -0.935. The Hall–Kier alpha value is -3.16. The van der Waals surface area contributed by atoms with E-state index in [1.54, 1.807) is 13.8 Å².